The van der Waals surface area contributed by atoms with E-state index in [-0.39, 0.29) is 12.8 Å². The molecule has 0 heterocycles. The molecule has 0 radical (unpaired) electrons. The van der Waals surface area contributed by atoms with Gasteiger partial charge in [0.15, 0.2) is 6.79 Å². The lowest BCUT2D eigenvalue weighted by Gasteiger charge is -2.10. The fourth-order valence-corrected chi connectivity index (χ4v) is 5.24. The fraction of sp³-hybridized carbons (Fsp3) is 0.300. The Morgan fingerprint density at radius 1 is 1.18 bits per heavy atom. The number of carbonyl (C=O) groups is 1. The summed E-state index contributed by atoms with van der Waals surface area (Å²) in [7, 11) is 0. The summed E-state index contributed by atoms with van der Waals surface area (Å²) in [6, 6.07) is 1.97. The molecule has 0 saturated carbocycles. The number of carbonyl (C=O) groups excluding carboxylic acids is 1. The summed E-state index contributed by atoms with van der Waals surface area (Å²) in [4.78, 5) is 11.9. The second-order valence-corrected chi connectivity index (χ2v) is 7.37. The van der Waals surface area contributed by atoms with E-state index in [1.165, 1.54) is 0 Å². The van der Waals surface area contributed by atoms with Crippen molar-refractivity contribution in [3.05, 3.63) is 25.9 Å². The molecule has 17 heavy (non-hydrogen) atoms. The lowest BCUT2D eigenvalue weighted by molar-refractivity contribution is -0.0276. The van der Waals surface area contributed by atoms with Gasteiger partial charge < -0.3 is 9.47 Å². The summed E-state index contributed by atoms with van der Waals surface area (Å²) in [5.74, 6) is -0.332. The van der Waals surface area contributed by atoms with Crippen LogP contribution in [0.5, 0.6) is 0 Å². The van der Waals surface area contributed by atoms with Crippen LogP contribution < -0.4 is 0 Å². The number of halogens is 4. The van der Waals surface area contributed by atoms with E-state index < -0.39 is 0 Å². The van der Waals surface area contributed by atoms with Gasteiger partial charge in [0.1, 0.15) is 0 Å². The van der Waals surface area contributed by atoms with Crippen molar-refractivity contribution in [3.63, 3.8) is 0 Å². The van der Waals surface area contributed by atoms with Gasteiger partial charge >= 0.3 is 5.97 Å². The quantitative estimate of drug-likeness (QED) is 0.119. The molecule has 7 heteroatoms. The Bertz CT molecular complexity index is 434. The molecule has 0 amide bonds. The molecule has 0 aliphatic heterocycles. The SMILES string of the molecule is CCOCOC(=O)c1c(I)cc(I)c(I)c1I. The molecule has 0 aliphatic carbocycles. The number of hydrogen-bond donors (Lipinski definition) is 0. The minimum absolute atomic E-state index is 0.00403. The highest BCUT2D eigenvalue weighted by Crippen LogP contribution is 2.29. The van der Waals surface area contributed by atoms with Gasteiger partial charge in [0, 0.05) is 20.9 Å². The first kappa shape index (κ1) is 16.6. The van der Waals surface area contributed by atoms with Crippen LogP contribution in [0.3, 0.4) is 0 Å². The van der Waals surface area contributed by atoms with E-state index in [1.54, 1.807) is 0 Å². The van der Waals surface area contributed by atoms with Gasteiger partial charge in [-0.15, -0.1) is 0 Å². The van der Waals surface area contributed by atoms with E-state index in [1.807, 2.05) is 13.0 Å². The van der Waals surface area contributed by atoms with Gasteiger partial charge in [-0.3, -0.25) is 0 Å². The Kier molecular flexibility index (Phi) is 7.81. The number of esters is 1. The largest absolute Gasteiger partial charge is 0.435 e. The van der Waals surface area contributed by atoms with Crippen LogP contribution >= 0.6 is 90.4 Å². The zero-order valence-electron chi connectivity index (χ0n) is 8.73. The van der Waals surface area contributed by atoms with Crippen molar-refractivity contribution in [1.82, 2.24) is 0 Å². The van der Waals surface area contributed by atoms with Crippen LogP contribution in [0.2, 0.25) is 0 Å². The maximum atomic E-state index is 11.9. The molecule has 1 aromatic rings. The zero-order valence-corrected chi connectivity index (χ0v) is 17.4. The zero-order chi connectivity index (χ0) is 13.0. The van der Waals surface area contributed by atoms with Crippen LogP contribution in [0.4, 0.5) is 0 Å². The molecule has 1 aromatic carbocycles. The van der Waals surface area contributed by atoms with Gasteiger partial charge in [0.05, 0.1) is 5.56 Å². The summed E-state index contributed by atoms with van der Waals surface area (Å²) >= 11 is 8.81. The third-order valence-corrected chi connectivity index (χ3v) is 7.76. The fourth-order valence-electron chi connectivity index (χ4n) is 1.00. The highest BCUT2D eigenvalue weighted by molar-refractivity contribution is 14.1. The predicted molar refractivity (Wildman–Crippen MR) is 99.2 cm³/mol. The molecule has 1 rings (SSSR count). The Morgan fingerprint density at radius 2 is 1.82 bits per heavy atom. The lowest BCUT2D eigenvalue weighted by atomic mass is 10.2. The Hall–Kier alpha value is 1.57. The van der Waals surface area contributed by atoms with Crippen molar-refractivity contribution in [2.24, 2.45) is 0 Å². The molecule has 0 spiro atoms. The van der Waals surface area contributed by atoms with Crippen molar-refractivity contribution in [2.75, 3.05) is 13.4 Å². The Balaban J connectivity index is 2.97. The average Bonchev–Trinajstić information content (AvgIpc) is 2.26. The van der Waals surface area contributed by atoms with Gasteiger partial charge in [-0.05, 0) is 103 Å². The van der Waals surface area contributed by atoms with E-state index >= 15 is 0 Å². The van der Waals surface area contributed by atoms with Crippen molar-refractivity contribution < 1.29 is 14.3 Å². The highest BCUT2D eigenvalue weighted by atomic mass is 127. The van der Waals surface area contributed by atoms with Crippen LogP contribution in [0, 0.1) is 14.3 Å². The van der Waals surface area contributed by atoms with E-state index in [0.717, 1.165) is 14.3 Å². The van der Waals surface area contributed by atoms with E-state index in [0.29, 0.717) is 12.2 Å². The monoisotopic (exact) mass is 684 g/mol. The second-order valence-electron chi connectivity index (χ2n) is 2.89. The first-order valence-corrected chi connectivity index (χ1v) is 8.88. The normalized spacial score (nSPS) is 10.4. The van der Waals surface area contributed by atoms with Gasteiger partial charge in [-0.1, -0.05) is 0 Å². The van der Waals surface area contributed by atoms with Gasteiger partial charge in [-0.25, -0.2) is 4.79 Å². The van der Waals surface area contributed by atoms with Crippen molar-refractivity contribution in [2.45, 2.75) is 6.92 Å². The minimum Gasteiger partial charge on any atom is -0.435 e. The maximum Gasteiger partial charge on any atom is 0.342 e. The second kappa shape index (κ2) is 7.99. The number of hydrogen-bond acceptors (Lipinski definition) is 3. The maximum absolute atomic E-state index is 11.9. The van der Waals surface area contributed by atoms with E-state index in [2.05, 4.69) is 90.4 Å². The first-order chi connectivity index (χ1) is 7.99. The summed E-state index contributed by atoms with van der Waals surface area (Å²) in [6.07, 6.45) is 0. The first-order valence-electron chi connectivity index (χ1n) is 4.56. The van der Waals surface area contributed by atoms with Crippen LogP contribution in [0.15, 0.2) is 6.07 Å². The molecular weight excluding hydrogens is 676 g/mol. The Morgan fingerprint density at radius 3 is 2.41 bits per heavy atom. The average molecular weight is 684 g/mol. The third kappa shape index (κ3) is 4.56. The van der Waals surface area contributed by atoms with Crippen molar-refractivity contribution >= 4 is 96.3 Å². The summed E-state index contributed by atoms with van der Waals surface area (Å²) in [6.45, 7) is 2.39. The van der Waals surface area contributed by atoms with Crippen LogP contribution in [-0.4, -0.2) is 19.4 Å². The highest BCUT2D eigenvalue weighted by Gasteiger charge is 2.19. The smallest absolute Gasteiger partial charge is 0.342 e. The standard InChI is InChI=1S/C10H8I4O3/c1-2-16-4-17-10(15)7-5(11)3-6(12)8(13)9(7)14/h3H,2,4H2,1H3. The topological polar surface area (TPSA) is 35.5 Å². The predicted octanol–water partition coefficient (Wildman–Crippen LogP) is 4.26. The van der Waals surface area contributed by atoms with Crippen LogP contribution in [-0.2, 0) is 9.47 Å². The molecule has 3 nitrogen and oxygen atoms in total. The number of rotatable bonds is 4. The molecule has 0 atom stereocenters. The van der Waals surface area contributed by atoms with E-state index in [9.17, 15) is 4.79 Å². The molecule has 0 bridgehead atoms. The molecule has 94 valence electrons. The van der Waals surface area contributed by atoms with Crippen molar-refractivity contribution in [3.8, 4) is 0 Å². The van der Waals surface area contributed by atoms with Gasteiger partial charge in [0.25, 0.3) is 0 Å². The molecule has 0 fully saturated rings. The van der Waals surface area contributed by atoms with Crippen molar-refractivity contribution in [1.29, 1.82) is 0 Å². The number of ether oxygens (including phenoxy) is 2. The number of benzene rings is 1. The molecule has 0 unspecified atom stereocenters. The molecule has 0 N–H and O–H groups in total. The van der Waals surface area contributed by atoms with Crippen LogP contribution in [0.1, 0.15) is 17.3 Å². The van der Waals surface area contributed by atoms with E-state index in [4.69, 9.17) is 9.47 Å². The molecule has 0 aliphatic rings. The summed E-state index contributed by atoms with van der Waals surface area (Å²) in [5, 5.41) is 0. The molecule has 0 saturated heterocycles. The van der Waals surface area contributed by atoms with Crippen LogP contribution in [0.25, 0.3) is 0 Å². The van der Waals surface area contributed by atoms with Gasteiger partial charge in [0.2, 0.25) is 0 Å². The lowest BCUT2D eigenvalue weighted by Crippen LogP contribution is -2.13. The van der Waals surface area contributed by atoms with Gasteiger partial charge in [-0.2, -0.15) is 0 Å². The third-order valence-electron chi connectivity index (χ3n) is 1.80. The molecule has 0 aromatic heterocycles. The summed E-state index contributed by atoms with van der Waals surface area (Å²) < 4.78 is 14.1. The summed E-state index contributed by atoms with van der Waals surface area (Å²) in [5.41, 5.74) is 0.621. The minimum atomic E-state index is -0.332. The molecular formula is C10H8I4O3. The Labute approximate surface area is 154 Å².